The Bertz CT molecular complexity index is 357. The summed E-state index contributed by atoms with van der Waals surface area (Å²) < 4.78 is 10.6. The number of unbranched alkanes of at least 4 members (excludes halogenated alkanes) is 5. The maximum Gasteiger partial charge on any atom is 0.410 e. The Labute approximate surface area is 140 Å². The van der Waals surface area contributed by atoms with Crippen LogP contribution >= 0.6 is 0 Å². The van der Waals surface area contributed by atoms with Gasteiger partial charge in [0.15, 0.2) is 0 Å². The highest BCUT2D eigenvalue weighted by Crippen LogP contribution is 2.20. The lowest BCUT2D eigenvalue weighted by Gasteiger charge is -2.23. The van der Waals surface area contributed by atoms with Crippen LogP contribution in [0.5, 0.6) is 0 Å². The molecule has 1 aliphatic heterocycles. The number of amides is 1. The number of rotatable bonds is 10. The molecular formula is C18H33NO4. The van der Waals surface area contributed by atoms with Crippen molar-refractivity contribution in [3.63, 3.8) is 0 Å². The third-order valence-corrected chi connectivity index (χ3v) is 4.04. The largest absolute Gasteiger partial charge is 0.464 e. The summed E-state index contributed by atoms with van der Waals surface area (Å²) in [6.45, 7) is 7.59. The van der Waals surface area contributed by atoms with Crippen LogP contribution in [0.2, 0.25) is 0 Å². The molecule has 1 unspecified atom stereocenters. The van der Waals surface area contributed by atoms with E-state index in [0.717, 1.165) is 19.3 Å². The number of carbonyl (C=O) groups is 2. The molecule has 1 aliphatic rings. The van der Waals surface area contributed by atoms with Gasteiger partial charge in [-0.1, -0.05) is 52.9 Å². The van der Waals surface area contributed by atoms with E-state index in [1.54, 1.807) is 0 Å². The standard InChI is InChI=1S/C18H33NO4/c1-4-5-6-7-8-9-13-22-17(20)16-11-10-12-19(16)18(21)23-14-15(2)3/h15-16H,4-14H2,1-3H3. The van der Waals surface area contributed by atoms with Gasteiger partial charge >= 0.3 is 12.1 Å². The summed E-state index contributed by atoms with van der Waals surface area (Å²) in [6, 6.07) is -0.463. The summed E-state index contributed by atoms with van der Waals surface area (Å²) in [6.07, 6.45) is 8.06. The van der Waals surface area contributed by atoms with Gasteiger partial charge in [0.2, 0.25) is 0 Å². The maximum absolute atomic E-state index is 12.2. The number of nitrogens with zero attached hydrogens (tertiary/aromatic N) is 1. The zero-order valence-corrected chi connectivity index (χ0v) is 15.0. The van der Waals surface area contributed by atoms with Gasteiger partial charge in [0.05, 0.1) is 13.2 Å². The summed E-state index contributed by atoms with van der Waals surface area (Å²) in [4.78, 5) is 25.7. The highest BCUT2D eigenvalue weighted by molar-refractivity contribution is 5.82. The van der Waals surface area contributed by atoms with E-state index < -0.39 is 12.1 Å². The van der Waals surface area contributed by atoms with E-state index in [1.165, 1.54) is 30.6 Å². The highest BCUT2D eigenvalue weighted by atomic mass is 16.6. The Morgan fingerprint density at radius 1 is 1.09 bits per heavy atom. The van der Waals surface area contributed by atoms with Gasteiger partial charge in [0.25, 0.3) is 0 Å². The van der Waals surface area contributed by atoms with E-state index in [-0.39, 0.29) is 5.97 Å². The summed E-state index contributed by atoms with van der Waals surface area (Å²) in [7, 11) is 0. The van der Waals surface area contributed by atoms with Crippen molar-refractivity contribution >= 4 is 12.1 Å². The molecule has 0 aromatic heterocycles. The molecule has 1 heterocycles. The predicted octanol–water partition coefficient (Wildman–Crippen LogP) is 4.15. The summed E-state index contributed by atoms with van der Waals surface area (Å²) in [5.41, 5.74) is 0. The van der Waals surface area contributed by atoms with Crippen LogP contribution in [0.25, 0.3) is 0 Å². The molecule has 1 amide bonds. The van der Waals surface area contributed by atoms with Crippen molar-refractivity contribution < 1.29 is 19.1 Å². The molecule has 0 aromatic carbocycles. The second-order valence-corrected chi connectivity index (χ2v) is 6.76. The lowest BCUT2D eigenvalue weighted by atomic mass is 10.1. The minimum absolute atomic E-state index is 0.280. The van der Waals surface area contributed by atoms with Crippen molar-refractivity contribution in [1.82, 2.24) is 4.90 Å². The summed E-state index contributed by atoms with van der Waals surface area (Å²) in [5, 5.41) is 0. The fraction of sp³-hybridized carbons (Fsp3) is 0.889. The van der Waals surface area contributed by atoms with E-state index in [0.29, 0.717) is 32.1 Å². The molecule has 1 atom stereocenters. The van der Waals surface area contributed by atoms with Crippen LogP contribution in [-0.4, -0.2) is 42.8 Å². The van der Waals surface area contributed by atoms with E-state index in [1.807, 2.05) is 13.8 Å². The van der Waals surface area contributed by atoms with Gasteiger partial charge in [-0.25, -0.2) is 9.59 Å². The molecule has 134 valence electrons. The fourth-order valence-electron chi connectivity index (χ4n) is 2.70. The lowest BCUT2D eigenvalue weighted by Crippen LogP contribution is -2.42. The SMILES string of the molecule is CCCCCCCCOC(=O)C1CCCN1C(=O)OCC(C)C. The fourth-order valence-corrected chi connectivity index (χ4v) is 2.70. The third-order valence-electron chi connectivity index (χ3n) is 4.04. The molecule has 5 nitrogen and oxygen atoms in total. The summed E-state index contributed by atoms with van der Waals surface area (Å²) in [5.74, 6) is 0.0113. The molecule has 0 aromatic rings. The van der Waals surface area contributed by atoms with Gasteiger partial charge in [0, 0.05) is 6.54 Å². The Hall–Kier alpha value is -1.26. The molecule has 0 saturated carbocycles. The van der Waals surface area contributed by atoms with Crippen molar-refractivity contribution in [2.75, 3.05) is 19.8 Å². The normalized spacial score (nSPS) is 17.6. The van der Waals surface area contributed by atoms with Crippen molar-refractivity contribution in [1.29, 1.82) is 0 Å². The number of hydrogen-bond acceptors (Lipinski definition) is 4. The van der Waals surface area contributed by atoms with Crippen LogP contribution in [0.15, 0.2) is 0 Å². The number of carbonyl (C=O) groups excluding carboxylic acids is 2. The molecule has 5 heteroatoms. The Kier molecular flexibility index (Phi) is 9.72. The Morgan fingerprint density at radius 2 is 1.78 bits per heavy atom. The monoisotopic (exact) mass is 327 g/mol. The molecule has 1 fully saturated rings. The smallest absolute Gasteiger partial charge is 0.410 e. The average Bonchev–Trinajstić information content (AvgIpc) is 3.01. The van der Waals surface area contributed by atoms with Crippen LogP contribution < -0.4 is 0 Å². The van der Waals surface area contributed by atoms with Crippen molar-refractivity contribution in [3.8, 4) is 0 Å². The number of ether oxygens (including phenoxy) is 2. The second-order valence-electron chi connectivity index (χ2n) is 6.76. The van der Waals surface area contributed by atoms with E-state index in [4.69, 9.17) is 9.47 Å². The van der Waals surface area contributed by atoms with Crippen LogP contribution in [0.3, 0.4) is 0 Å². The van der Waals surface area contributed by atoms with E-state index in [9.17, 15) is 9.59 Å². The van der Waals surface area contributed by atoms with Crippen LogP contribution in [0.4, 0.5) is 4.79 Å². The van der Waals surface area contributed by atoms with E-state index >= 15 is 0 Å². The number of esters is 1. The van der Waals surface area contributed by atoms with Crippen LogP contribution in [0.1, 0.15) is 72.1 Å². The quantitative estimate of drug-likeness (QED) is 0.447. The first-order valence-corrected chi connectivity index (χ1v) is 9.16. The molecule has 0 radical (unpaired) electrons. The number of hydrogen-bond donors (Lipinski definition) is 0. The van der Waals surface area contributed by atoms with Gasteiger partial charge in [-0.2, -0.15) is 0 Å². The maximum atomic E-state index is 12.2. The zero-order valence-electron chi connectivity index (χ0n) is 15.0. The summed E-state index contributed by atoms with van der Waals surface area (Å²) >= 11 is 0. The average molecular weight is 327 g/mol. The van der Waals surface area contributed by atoms with Crippen molar-refractivity contribution in [2.24, 2.45) is 5.92 Å². The van der Waals surface area contributed by atoms with Crippen molar-refractivity contribution in [3.05, 3.63) is 0 Å². The van der Waals surface area contributed by atoms with Gasteiger partial charge in [-0.15, -0.1) is 0 Å². The molecule has 0 N–H and O–H groups in total. The molecule has 23 heavy (non-hydrogen) atoms. The van der Waals surface area contributed by atoms with E-state index in [2.05, 4.69) is 6.92 Å². The minimum Gasteiger partial charge on any atom is -0.464 e. The molecule has 1 saturated heterocycles. The van der Waals surface area contributed by atoms with Crippen LogP contribution in [0, 0.1) is 5.92 Å². The first-order chi connectivity index (χ1) is 11.1. The first kappa shape index (κ1) is 19.8. The second kappa shape index (κ2) is 11.3. The molecule has 0 bridgehead atoms. The predicted molar refractivity (Wildman–Crippen MR) is 90.2 cm³/mol. The lowest BCUT2D eigenvalue weighted by molar-refractivity contribution is -0.148. The zero-order chi connectivity index (χ0) is 17.1. The van der Waals surface area contributed by atoms with Gasteiger partial charge in [-0.3, -0.25) is 4.90 Å². The van der Waals surface area contributed by atoms with Gasteiger partial charge in [-0.05, 0) is 25.2 Å². The third kappa shape index (κ3) is 7.71. The minimum atomic E-state index is -0.463. The van der Waals surface area contributed by atoms with Crippen LogP contribution in [-0.2, 0) is 14.3 Å². The molecule has 0 spiro atoms. The molecule has 0 aliphatic carbocycles. The Morgan fingerprint density at radius 3 is 2.48 bits per heavy atom. The topological polar surface area (TPSA) is 55.8 Å². The molecular weight excluding hydrogens is 294 g/mol. The first-order valence-electron chi connectivity index (χ1n) is 9.16. The van der Waals surface area contributed by atoms with Gasteiger partial charge in [0.1, 0.15) is 6.04 Å². The molecule has 1 rings (SSSR count). The Balaban J connectivity index is 2.24. The highest BCUT2D eigenvalue weighted by Gasteiger charge is 2.36. The van der Waals surface area contributed by atoms with Crippen molar-refractivity contribution in [2.45, 2.75) is 78.2 Å². The number of likely N-dealkylation sites (tertiary alicyclic amines) is 1. The van der Waals surface area contributed by atoms with Gasteiger partial charge < -0.3 is 9.47 Å².